The van der Waals surface area contributed by atoms with Crippen LogP contribution in [0, 0.1) is 0 Å². The van der Waals surface area contributed by atoms with Gasteiger partial charge in [0.15, 0.2) is 0 Å². The van der Waals surface area contributed by atoms with Crippen LogP contribution in [0.3, 0.4) is 0 Å². The fourth-order valence-electron chi connectivity index (χ4n) is 2.73. The SMILES string of the molecule is O=C(/C=C\C(=O)ON1CCSCC1)OCCOc1cc2n(n1)CCCC2. The van der Waals surface area contributed by atoms with Crippen LogP contribution in [0.5, 0.6) is 5.88 Å². The van der Waals surface area contributed by atoms with E-state index in [0.29, 0.717) is 19.0 Å². The van der Waals surface area contributed by atoms with Crippen molar-refractivity contribution in [2.24, 2.45) is 0 Å². The first-order chi connectivity index (χ1) is 12.7. The summed E-state index contributed by atoms with van der Waals surface area (Å²) < 4.78 is 12.5. The summed E-state index contributed by atoms with van der Waals surface area (Å²) in [4.78, 5) is 28.3. The summed E-state index contributed by atoms with van der Waals surface area (Å²) >= 11 is 1.82. The molecule has 0 unspecified atom stereocenters. The maximum atomic E-state index is 11.6. The lowest BCUT2D eigenvalue weighted by Gasteiger charge is -2.23. The number of nitrogens with zero attached hydrogens (tertiary/aromatic N) is 3. The van der Waals surface area contributed by atoms with E-state index in [1.165, 1.54) is 12.1 Å². The van der Waals surface area contributed by atoms with Gasteiger partial charge in [0.2, 0.25) is 5.88 Å². The Hall–Kier alpha value is -2.00. The molecule has 0 bridgehead atoms. The fraction of sp³-hybridized carbons (Fsp3) is 0.588. The van der Waals surface area contributed by atoms with E-state index in [2.05, 4.69) is 5.10 Å². The molecular weight excluding hydrogens is 358 g/mol. The summed E-state index contributed by atoms with van der Waals surface area (Å²) in [7, 11) is 0. The van der Waals surface area contributed by atoms with Crippen LogP contribution in [0.1, 0.15) is 18.5 Å². The summed E-state index contributed by atoms with van der Waals surface area (Å²) in [6.45, 7) is 2.62. The highest BCUT2D eigenvalue weighted by Gasteiger charge is 2.14. The van der Waals surface area contributed by atoms with Crippen molar-refractivity contribution in [2.45, 2.75) is 25.8 Å². The Morgan fingerprint density at radius 1 is 1.12 bits per heavy atom. The normalized spacial score (nSPS) is 17.7. The van der Waals surface area contributed by atoms with Crippen LogP contribution in [0.25, 0.3) is 0 Å². The van der Waals surface area contributed by atoms with Crippen LogP contribution in [-0.4, -0.2) is 64.6 Å². The standard InChI is InChI=1S/C17H23N3O5S/c21-16(4-5-17(22)25-19-7-11-26-12-8-19)24-10-9-23-15-13-14-3-1-2-6-20(14)18-15/h4-5,13H,1-3,6-12H2/b5-4-. The number of fused-ring (bicyclic) bond motifs is 1. The van der Waals surface area contributed by atoms with Gasteiger partial charge in [-0.05, 0) is 19.3 Å². The predicted octanol–water partition coefficient (Wildman–Crippen LogP) is 1.20. The van der Waals surface area contributed by atoms with Gasteiger partial charge >= 0.3 is 11.9 Å². The third kappa shape index (κ3) is 5.77. The lowest BCUT2D eigenvalue weighted by molar-refractivity contribution is -0.182. The summed E-state index contributed by atoms with van der Waals surface area (Å²) in [5.74, 6) is 1.23. The second kappa shape index (κ2) is 9.63. The molecule has 26 heavy (non-hydrogen) atoms. The molecule has 0 atom stereocenters. The van der Waals surface area contributed by atoms with Gasteiger partial charge in [-0.25, -0.2) is 9.59 Å². The minimum atomic E-state index is -0.608. The molecule has 1 saturated heterocycles. The van der Waals surface area contributed by atoms with Crippen LogP contribution in [0.4, 0.5) is 0 Å². The summed E-state index contributed by atoms with van der Waals surface area (Å²) in [5.41, 5.74) is 1.18. The van der Waals surface area contributed by atoms with Crippen molar-refractivity contribution >= 4 is 23.7 Å². The molecule has 1 aromatic heterocycles. The maximum absolute atomic E-state index is 11.6. The van der Waals surface area contributed by atoms with E-state index in [1.54, 1.807) is 5.06 Å². The number of rotatable bonds is 7. The molecule has 0 spiro atoms. The molecule has 1 aromatic rings. The van der Waals surface area contributed by atoms with Gasteiger partial charge in [0.25, 0.3) is 0 Å². The largest absolute Gasteiger partial charge is 0.473 e. The molecular formula is C17H23N3O5S. The highest BCUT2D eigenvalue weighted by Crippen LogP contribution is 2.19. The molecule has 142 valence electrons. The number of aryl methyl sites for hydroxylation is 2. The second-order valence-electron chi connectivity index (χ2n) is 5.96. The number of carbonyl (C=O) groups excluding carboxylic acids is 2. The van der Waals surface area contributed by atoms with E-state index in [0.717, 1.165) is 43.0 Å². The molecule has 0 aliphatic carbocycles. The zero-order valence-electron chi connectivity index (χ0n) is 14.6. The van der Waals surface area contributed by atoms with E-state index in [9.17, 15) is 9.59 Å². The topological polar surface area (TPSA) is 82.9 Å². The minimum Gasteiger partial charge on any atom is -0.473 e. The molecule has 9 heteroatoms. The molecule has 0 amide bonds. The number of carbonyl (C=O) groups is 2. The van der Waals surface area contributed by atoms with Crippen LogP contribution in [-0.2, 0) is 32.1 Å². The Morgan fingerprint density at radius 2 is 1.92 bits per heavy atom. The van der Waals surface area contributed by atoms with Crippen molar-refractivity contribution in [2.75, 3.05) is 37.8 Å². The number of esters is 1. The van der Waals surface area contributed by atoms with Gasteiger partial charge < -0.3 is 14.3 Å². The van der Waals surface area contributed by atoms with Gasteiger partial charge in [0.1, 0.15) is 13.2 Å². The molecule has 0 aromatic carbocycles. The molecule has 0 radical (unpaired) electrons. The van der Waals surface area contributed by atoms with Crippen molar-refractivity contribution in [3.8, 4) is 5.88 Å². The van der Waals surface area contributed by atoms with Crippen LogP contribution in [0.15, 0.2) is 18.2 Å². The summed E-state index contributed by atoms with van der Waals surface area (Å²) in [6, 6.07) is 1.93. The molecule has 2 aliphatic heterocycles. The third-order valence-corrected chi connectivity index (χ3v) is 4.96. The predicted molar refractivity (Wildman–Crippen MR) is 95.7 cm³/mol. The Bertz CT molecular complexity index is 631. The fourth-order valence-corrected chi connectivity index (χ4v) is 3.60. The quantitative estimate of drug-likeness (QED) is 0.396. The minimum absolute atomic E-state index is 0.0871. The highest BCUT2D eigenvalue weighted by atomic mass is 32.2. The van der Waals surface area contributed by atoms with Gasteiger partial charge in [0, 0.05) is 55.1 Å². The number of thioether (sulfide) groups is 1. The molecule has 2 aliphatic rings. The smallest absolute Gasteiger partial charge is 0.349 e. The lowest BCUT2D eigenvalue weighted by atomic mass is 10.1. The maximum Gasteiger partial charge on any atom is 0.349 e. The van der Waals surface area contributed by atoms with E-state index >= 15 is 0 Å². The number of hydroxylamine groups is 2. The van der Waals surface area contributed by atoms with E-state index in [-0.39, 0.29) is 13.2 Å². The first-order valence-electron chi connectivity index (χ1n) is 8.80. The molecule has 3 heterocycles. The molecule has 8 nitrogen and oxygen atoms in total. The third-order valence-electron chi connectivity index (χ3n) is 4.02. The average Bonchev–Trinajstić information content (AvgIpc) is 3.07. The number of hydrogen-bond acceptors (Lipinski definition) is 8. The Morgan fingerprint density at radius 3 is 2.73 bits per heavy atom. The van der Waals surface area contributed by atoms with Crippen molar-refractivity contribution in [1.29, 1.82) is 0 Å². The van der Waals surface area contributed by atoms with E-state index < -0.39 is 11.9 Å². The monoisotopic (exact) mass is 381 g/mol. The van der Waals surface area contributed by atoms with Gasteiger partial charge in [-0.15, -0.1) is 10.2 Å². The van der Waals surface area contributed by atoms with Crippen LogP contribution >= 0.6 is 11.8 Å². The summed E-state index contributed by atoms with van der Waals surface area (Å²) in [6.07, 6.45) is 5.47. The van der Waals surface area contributed by atoms with E-state index in [4.69, 9.17) is 14.3 Å². The first-order valence-corrected chi connectivity index (χ1v) is 9.95. The lowest BCUT2D eigenvalue weighted by Crippen LogP contribution is -2.34. The van der Waals surface area contributed by atoms with Crippen molar-refractivity contribution in [3.63, 3.8) is 0 Å². The van der Waals surface area contributed by atoms with Crippen molar-refractivity contribution in [1.82, 2.24) is 14.8 Å². The zero-order chi connectivity index (χ0) is 18.2. The van der Waals surface area contributed by atoms with Crippen LogP contribution in [0.2, 0.25) is 0 Å². The van der Waals surface area contributed by atoms with Crippen molar-refractivity contribution in [3.05, 3.63) is 23.9 Å². The van der Waals surface area contributed by atoms with Crippen LogP contribution < -0.4 is 4.74 Å². The molecule has 0 saturated carbocycles. The molecule has 3 rings (SSSR count). The second-order valence-corrected chi connectivity index (χ2v) is 7.18. The number of aromatic nitrogens is 2. The molecule has 1 fully saturated rings. The number of hydrogen-bond donors (Lipinski definition) is 0. The van der Waals surface area contributed by atoms with Gasteiger partial charge in [-0.2, -0.15) is 11.8 Å². The Balaban J connectivity index is 1.31. The Kier molecular flexibility index (Phi) is 6.96. The van der Waals surface area contributed by atoms with Gasteiger partial charge in [-0.3, -0.25) is 4.68 Å². The highest BCUT2D eigenvalue weighted by molar-refractivity contribution is 7.99. The van der Waals surface area contributed by atoms with Gasteiger partial charge in [-0.1, -0.05) is 0 Å². The Labute approximate surface area is 156 Å². The van der Waals surface area contributed by atoms with Crippen molar-refractivity contribution < 1.29 is 23.9 Å². The summed E-state index contributed by atoms with van der Waals surface area (Å²) in [5, 5.41) is 5.96. The zero-order valence-corrected chi connectivity index (χ0v) is 15.4. The first kappa shape index (κ1) is 18.8. The van der Waals surface area contributed by atoms with Gasteiger partial charge in [0.05, 0.1) is 0 Å². The average molecular weight is 381 g/mol. The number of ether oxygens (including phenoxy) is 2. The van der Waals surface area contributed by atoms with E-state index in [1.807, 2.05) is 22.5 Å². The molecule has 0 N–H and O–H groups in total.